The number of anilines is 1. The molecule has 2 rings (SSSR count). The van der Waals surface area contributed by atoms with Crippen LogP contribution in [0.3, 0.4) is 0 Å². The number of nitrogens with one attached hydrogen (secondary N) is 3. The molecule has 0 aliphatic heterocycles. The fourth-order valence-corrected chi connectivity index (χ4v) is 1.60. The zero-order valence-corrected chi connectivity index (χ0v) is 10.7. The topological polar surface area (TPSA) is 69.8 Å². The van der Waals surface area contributed by atoms with Crippen molar-refractivity contribution in [3.05, 3.63) is 46.2 Å². The van der Waals surface area contributed by atoms with Crippen LogP contribution in [-0.4, -0.2) is 16.2 Å². The van der Waals surface area contributed by atoms with Gasteiger partial charge in [-0.15, -0.1) is 0 Å². The van der Waals surface area contributed by atoms with Crippen LogP contribution in [0.1, 0.15) is 5.56 Å². The Labute approximate surface area is 113 Å². The number of hydrogen-bond donors (Lipinski definition) is 3. The van der Waals surface area contributed by atoms with Crippen LogP contribution in [0.5, 0.6) is 0 Å². The molecule has 1 aromatic heterocycles. The van der Waals surface area contributed by atoms with Gasteiger partial charge in [0.15, 0.2) is 0 Å². The molecule has 1 heterocycles. The highest BCUT2D eigenvalue weighted by Gasteiger charge is 2.04. The van der Waals surface area contributed by atoms with Crippen molar-refractivity contribution in [3.63, 3.8) is 0 Å². The van der Waals surface area contributed by atoms with Gasteiger partial charge in [-0.3, -0.25) is 5.10 Å². The van der Waals surface area contributed by atoms with Gasteiger partial charge in [0, 0.05) is 24.0 Å². The van der Waals surface area contributed by atoms with Gasteiger partial charge in [0.2, 0.25) is 0 Å². The van der Waals surface area contributed by atoms with Crippen LogP contribution in [0.25, 0.3) is 0 Å². The lowest BCUT2D eigenvalue weighted by molar-refractivity contribution is 0.251. The molecule has 2 amide bonds. The van der Waals surface area contributed by atoms with Gasteiger partial charge in [-0.25, -0.2) is 4.79 Å². The van der Waals surface area contributed by atoms with Crippen LogP contribution in [0.4, 0.5) is 10.5 Å². The molecule has 0 aliphatic carbocycles. The predicted octanol–water partition coefficient (Wildman–Crippen LogP) is 3.04. The van der Waals surface area contributed by atoms with E-state index in [1.807, 2.05) is 0 Å². The first-order chi connectivity index (χ1) is 8.65. The molecular weight excluding hydrogens is 275 g/mol. The maximum atomic E-state index is 11.6. The number of hydrogen-bond acceptors (Lipinski definition) is 2. The van der Waals surface area contributed by atoms with Crippen LogP contribution in [0, 0.1) is 0 Å². The first-order valence-electron chi connectivity index (χ1n) is 5.13. The summed E-state index contributed by atoms with van der Waals surface area (Å²) in [5, 5.41) is 12.6. The molecule has 0 radical (unpaired) electrons. The molecule has 0 spiro atoms. The Kier molecular flexibility index (Phi) is 4.07. The maximum absolute atomic E-state index is 11.6. The third kappa shape index (κ3) is 3.38. The molecule has 0 saturated heterocycles. The standard InChI is InChI=1S/C11H10Cl2N4O/c12-9-2-1-8(3-10(9)13)17-11(18)14-4-7-5-15-16-6-7/h1-3,5-6H,4H2,(H,15,16)(H2,14,17,18). The van der Waals surface area contributed by atoms with Crippen molar-refractivity contribution in [1.82, 2.24) is 15.5 Å². The fraction of sp³-hybridized carbons (Fsp3) is 0.0909. The number of aromatic amines is 1. The van der Waals surface area contributed by atoms with Crippen molar-refractivity contribution >= 4 is 34.9 Å². The zero-order valence-electron chi connectivity index (χ0n) is 9.21. The summed E-state index contributed by atoms with van der Waals surface area (Å²) in [6.07, 6.45) is 3.35. The first-order valence-corrected chi connectivity index (χ1v) is 5.88. The monoisotopic (exact) mass is 284 g/mol. The lowest BCUT2D eigenvalue weighted by Gasteiger charge is -2.07. The lowest BCUT2D eigenvalue weighted by Crippen LogP contribution is -2.27. The van der Waals surface area contributed by atoms with Gasteiger partial charge < -0.3 is 10.6 Å². The summed E-state index contributed by atoms with van der Waals surface area (Å²) >= 11 is 11.6. The Morgan fingerprint density at radius 3 is 2.83 bits per heavy atom. The molecule has 0 aliphatic rings. The van der Waals surface area contributed by atoms with Crippen molar-refractivity contribution in [1.29, 1.82) is 0 Å². The van der Waals surface area contributed by atoms with E-state index >= 15 is 0 Å². The molecule has 94 valence electrons. The molecule has 5 nitrogen and oxygen atoms in total. The number of urea groups is 1. The Hall–Kier alpha value is -1.72. The quantitative estimate of drug-likeness (QED) is 0.811. The molecule has 7 heteroatoms. The van der Waals surface area contributed by atoms with Gasteiger partial charge in [-0.1, -0.05) is 23.2 Å². The van der Waals surface area contributed by atoms with Crippen LogP contribution in [0.2, 0.25) is 10.0 Å². The average molecular weight is 285 g/mol. The van der Waals surface area contributed by atoms with Crippen LogP contribution >= 0.6 is 23.2 Å². The molecular formula is C11H10Cl2N4O. The number of benzene rings is 1. The number of aromatic nitrogens is 2. The second-order valence-corrected chi connectivity index (χ2v) is 4.36. The van der Waals surface area contributed by atoms with E-state index < -0.39 is 0 Å². The van der Waals surface area contributed by atoms with Crippen LogP contribution in [0.15, 0.2) is 30.6 Å². The highest BCUT2D eigenvalue weighted by molar-refractivity contribution is 6.42. The van der Waals surface area contributed by atoms with E-state index in [0.29, 0.717) is 22.3 Å². The smallest absolute Gasteiger partial charge is 0.319 e. The normalized spacial score (nSPS) is 10.1. The van der Waals surface area contributed by atoms with E-state index in [2.05, 4.69) is 20.8 Å². The minimum absolute atomic E-state index is 0.324. The summed E-state index contributed by atoms with van der Waals surface area (Å²) in [5.74, 6) is 0. The highest BCUT2D eigenvalue weighted by atomic mass is 35.5. The second-order valence-electron chi connectivity index (χ2n) is 3.54. The summed E-state index contributed by atoms with van der Waals surface area (Å²) < 4.78 is 0. The predicted molar refractivity (Wildman–Crippen MR) is 70.9 cm³/mol. The fourth-order valence-electron chi connectivity index (χ4n) is 1.31. The summed E-state index contributed by atoms with van der Waals surface area (Å²) in [7, 11) is 0. The van der Waals surface area contributed by atoms with Crippen LogP contribution in [-0.2, 0) is 6.54 Å². The maximum Gasteiger partial charge on any atom is 0.319 e. The number of carbonyl (C=O) groups is 1. The van der Waals surface area contributed by atoms with E-state index in [9.17, 15) is 4.79 Å². The van der Waals surface area contributed by atoms with Crippen LogP contribution < -0.4 is 10.6 Å². The zero-order chi connectivity index (χ0) is 13.0. The van der Waals surface area contributed by atoms with E-state index in [-0.39, 0.29) is 6.03 Å². The number of halogens is 2. The SMILES string of the molecule is O=C(NCc1cn[nH]c1)Nc1ccc(Cl)c(Cl)c1. The summed E-state index contributed by atoms with van der Waals surface area (Å²) in [4.78, 5) is 11.6. The Morgan fingerprint density at radius 1 is 1.33 bits per heavy atom. The summed E-state index contributed by atoms with van der Waals surface area (Å²) in [5.41, 5.74) is 1.47. The molecule has 0 atom stereocenters. The van der Waals surface area contributed by atoms with E-state index in [1.54, 1.807) is 30.6 Å². The van der Waals surface area contributed by atoms with E-state index in [1.165, 1.54) is 0 Å². The minimum Gasteiger partial charge on any atom is -0.334 e. The summed E-state index contributed by atoms with van der Waals surface area (Å²) in [6, 6.07) is 4.55. The number of nitrogens with zero attached hydrogens (tertiary/aromatic N) is 1. The van der Waals surface area contributed by atoms with Crippen molar-refractivity contribution in [3.8, 4) is 0 Å². The summed E-state index contributed by atoms with van der Waals surface area (Å²) in [6.45, 7) is 0.393. The lowest BCUT2D eigenvalue weighted by atomic mass is 10.3. The molecule has 1 aromatic carbocycles. The third-order valence-electron chi connectivity index (χ3n) is 2.19. The largest absolute Gasteiger partial charge is 0.334 e. The Morgan fingerprint density at radius 2 is 2.17 bits per heavy atom. The third-order valence-corrected chi connectivity index (χ3v) is 2.92. The van der Waals surface area contributed by atoms with E-state index in [4.69, 9.17) is 23.2 Å². The van der Waals surface area contributed by atoms with Crippen molar-refractivity contribution in [2.45, 2.75) is 6.54 Å². The molecule has 3 N–H and O–H groups in total. The Bertz CT molecular complexity index is 542. The first kappa shape index (κ1) is 12.7. The number of rotatable bonds is 3. The molecule has 0 unspecified atom stereocenters. The number of amides is 2. The Balaban J connectivity index is 1.88. The minimum atomic E-state index is -0.324. The van der Waals surface area contributed by atoms with Gasteiger partial charge in [0.25, 0.3) is 0 Å². The van der Waals surface area contributed by atoms with Gasteiger partial charge in [-0.05, 0) is 18.2 Å². The van der Waals surface area contributed by atoms with Crippen molar-refractivity contribution < 1.29 is 4.79 Å². The molecule has 18 heavy (non-hydrogen) atoms. The van der Waals surface area contributed by atoms with Crippen molar-refractivity contribution in [2.75, 3.05) is 5.32 Å². The molecule has 2 aromatic rings. The number of H-pyrrole nitrogens is 1. The second kappa shape index (κ2) is 5.75. The van der Waals surface area contributed by atoms with Gasteiger partial charge in [0.1, 0.15) is 0 Å². The molecule has 0 saturated carbocycles. The van der Waals surface area contributed by atoms with E-state index in [0.717, 1.165) is 5.56 Å². The van der Waals surface area contributed by atoms with Gasteiger partial charge >= 0.3 is 6.03 Å². The van der Waals surface area contributed by atoms with Gasteiger partial charge in [0.05, 0.1) is 16.2 Å². The number of carbonyl (C=O) groups excluding carboxylic acids is 1. The molecule has 0 bridgehead atoms. The average Bonchev–Trinajstić information content (AvgIpc) is 2.84. The highest BCUT2D eigenvalue weighted by Crippen LogP contribution is 2.24. The van der Waals surface area contributed by atoms with Crippen molar-refractivity contribution in [2.24, 2.45) is 0 Å². The molecule has 0 fully saturated rings. The van der Waals surface area contributed by atoms with Gasteiger partial charge in [-0.2, -0.15) is 5.10 Å².